The molecule has 164 valence electrons. The summed E-state index contributed by atoms with van der Waals surface area (Å²) in [6, 6.07) is 3.21. The van der Waals surface area contributed by atoms with Gasteiger partial charge in [0, 0.05) is 17.6 Å². The number of halogens is 3. The molecule has 0 radical (unpaired) electrons. The van der Waals surface area contributed by atoms with Crippen LogP contribution in [0.3, 0.4) is 0 Å². The molecule has 1 atom stereocenters. The van der Waals surface area contributed by atoms with Crippen LogP contribution < -0.4 is 15.0 Å². The van der Waals surface area contributed by atoms with Crippen LogP contribution in [0.15, 0.2) is 23.6 Å². The van der Waals surface area contributed by atoms with Gasteiger partial charge in [0.1, 0.15) is 17.6 Å². The number of carboxylic acid groups (broad SMARTS) is 1. The highest BCUT2D eigenvalue weighted by Gasteiger charge is 2.35. The van der Waals surface area contributed by atoms with Gasteiger partial charge in [0.15, 0.2) is 5.13 Å². The number of thiazole rings is 1. The van der Waals surface area contributed by atoms with E-state index in [1.165, 1.54) is 23.5 Å². The summed E-state index contributed by atoms with van der Waals surface area (Å²) >= 11 is 1.21. The maximum atomic E-state index is 13.5. The van der Waals surface area contributed by atoms with Crippen molar-refractivity contribution >= 4 is 33.9 Å². The van der Waals surface area contributed by atoms with E-state index in [0.717, 1.165) is 25.3 Å². The van der Waals surface area contributed by atoms with Crippen molar-refractivity contribution in [3.63, 3.8) is 0 Å². The van der Waals surface area contributed by atoms with Gasteiger partial charge in [0.25, 0.3) is 0 Å². The molecule has 1 aliphatic rings. The molecule has 1 aromatic heterocycles. The summed E-state index contributed by atoms with van der Waals surface area (Å²) in [5.74, 6) is -0.580. The van der Waals surface area contributed by atoms with Crippen molar-refractivity contribution in [2.75, 3.05) is 23.4 Å². The molecule has 2 aromatic rings. The zero-order valence-electron chi connectivity index (χ0n) is 16.5. The van der Waals surface area contributed by atoms with Crippen LogP contribution in [0.25, 0.3) is 0 Å². The quantitative estimate of drug-likeness (QED) is 0.497. The smallest absolute Gasteiger partial charge is 0.420 e. The Morgan fingerprint density at radius 1 is 1.40 bits per heavy atom. The van der Waals surface area contributed by atoms with Crippen molar-refractivity contribution in [1.82, 2.24) is 4.98 Å². The number of unbranched alkanes of at least 4 members (excludes halogenated alkanes) is 2. The molecule has 0 amide bonds. The van der Waals surface area contributed by atoms with Crippen molar-refractivity contribution in [3.8, 4) is 5.75 Å². The number of carboxylic acids is 1. The lowest BCUT2D eigenvalue weighted by molar-refractivity contribution is -0.139. The Bertz CT molecular complexity index is 872. The third-order valence-electron chi connectivity index (χ3n) is 4.87. The minimum atomic E-state index is -4.55. The van der Waals surface area contributed by atoms with E-state index >= 15 is 0 Å². The molecule has 3 rings (SSSR count). The number of ether oxygens (including phenoxy) is 1. The van der Waals surface area contributed by atoms with Gasteiger partial charge in [-0.1, -0.05) is 19.8 Å². The van der Waals surface area contributed by atoms with Crippen molar-refractivity contribution in [2.45, 2.75) is 51.2 Å². The number of anilines is 3. The summed E-state index contributed by atoms with van der Waals surface area (Å²) in [6.45, 7) is 2.83. The molecule has 2 N–H and O–H groups in total. The largest absolute Gasteiger partial charge is 0.493 e. The highest BCUT2D eigenvalue weighted by Crippen LogP contribution is 2.39. The standard InChI is InChI=1S/C20H24F3N3O3S/c1-2-3-4-10-29-16-8-7-13(11-14(16)20(21,22)23)24-19-25-17(12-30-19)26-9-5-6-15(26)18(27)28/h7-8,11-12,15H,2-6,9-10H2,1H3,(H,24,25)(H,27,28). The van der Waals surface area contributed by atoms with Gasteiger partial charge < -0.3 is 20.1 Å². The molecule has 1 aliphatic heterocycles. The van der Waals surface area contributed by atoms with Gasteiger partial charge in [-0.3, -0.25) is 0 Å². The lowest BCUT2D eigenvalue weighted by atomic mass is 10.1. The summed E-state index contributed by atoms with van der Waals surface area (Å²) < 4.78 is 45.8. The average molecular weight is 443 g/mol. The summed E-state index contributed by atoms with van der Waals surface area (Å²) in [5.41, 5.74) is -0.605. The van der Waals surface area contributed by atoms with Crippen LogP contribution in [0.4, 0.5) is 29.8 Å². The second-order valence-electron chi connectivity index (χ2n) is 7.09. The van der Waals surface area contributed by atoms with E-state index in [1.54, 1.807) is 10.3 Å². The second kappa shape index (κ2) is 9.55. The Kier molecular flexibility index (Phi) is 7.06. The van der Waals surface area contributed by atoms with Crippen LogP contribution in [0.2, 0.25) is 0 Å². The van der Waals surface area contributed by atoms with Crippen molar-refractivity contribution in [1.29, 1.82) is 0 Å². The van der Waals surface area contributed by atoms with Crippen LogP contribution in [0, 0.1) is 0 Å². The number of carbonyl (C=O) groups is 1. The van der Waals surface area contributed by atoms with Crippen molar-refractivity contribution in [3.05, 3.63) is 29.1 Å². The molecular formula is C20H24F3N3O3S. The molecule has 1 unspecified atom stereocenters. The van der Waals surface area contributed by atoms with Crippen molar-refractivity contribution in [2.24, 2.45) is 0 Å². The van der Waals surface area contributed by atoms with E-state index in [4.69, 9.17) is 4.74 Å². The Balaban J connectivity index is 1.74. The molecule has 0 spiro atoms. The maximum absolute atomic E-state index is 13.5. The Labute approximate surface area is 176 Å². The van der Waals surface area contributed by atoms with Gasteiger partial charge in [-0.2, -0.15) is 13.2 Å². The monoisotopic (exact) mass is 443 g/mol. The Morgan fingerprint density at radius 2 is 2.20 bits per heavy atom. The predicted octanol–water partition coefficient (Wildman–Crippen LogP) is 5.53. The molecule has 0 aliphatic carbocycles. The van der Waals surface area contributed by atoms with Gasteiger partial charge in [0.05, 0.1) is 12.2 Å². The molecule has 2 heterocycles. The summed E-state index contributed by atoms with van der Waals surface area (Å²) in [4.78, 5) is 17.4. The molecule has 30 heavy (non-hydrogen) atoms. The lowest BCUT2D eigenvalue weighted by Gasteiger charge is -2.20. The molecular weight excluding hydrogens is 419 g/mol. The molecule has 0 bridgehead atoms. The molecule has 1 saturated heterocycles. The third-order valence-corrected chi connectivity index (χ3v) is 5.61. The lowest BCUT2D eigenvalue weighted by Crippen LogP contribution is -2.36. The van der Waals surface area contributed by atoms with Crippen LogP contribution in [-0.2, 0) is 11.0 Å². The molecule has 6 nitrogen and oxygen atoms in total. The number of alkyl halides is 3. The van der Waals surface area contributed by atoms with Crippen LogP contribution in [-0.4, -0.2) is 35.3 Å². The second-order valence-corrected chi connectivity index (χ2v) is 7.95. The van der Waals surface area contributed by atoms with E-state index in [-0.39, 0.29) is 18.0 Å². The number of nitrogens with one attached hydrogen (secondary N) is 1. The first kappa shape index (κ1) is 22.2. The average Bonchev–Trinajstić information content (AvgIpc) is 3.34. The first-order chi connectivity index (χ1) is 14.3. The summed E-state index contributed by atoms with van der Waals surface area (Å²) in [5, 5.41) is 14.3. The number of hydrogen-bond donors (Lipinski definition) is 2. The first-order valence-corrected chi connectivity index (χ1v) is 10.7. The molecule has 1 fully saturated rings. The van der Waals surface area contributed by atoms with Crippen molar-refractivity contribution < 1.29 is 27.8 Å². The van der Waals surface area contributed by atoms with Gasteiger partial charge in [-0.05, 0) is 37.5 Å². The Morgan fingerprint density at radius 3 is 2.90 bits per heavy atom. The third kappa shape index (κ3) is 5.35. The van der Waals surface area contributed by atoms with E-state index in [1.807, 2.05) is 6.92 Å². The minimum absolute atomic E-state index is 0.189. The number of hydrogen-bond acceptors (Lipinski definition) is 6. The van der Waals surface area contributed by atoms with E-state index in [0.29, 0.717) is 30.3 Å². The molecule has 0 saturated carbocycles. The van der Waals surface area contributed by atoms with E-state index < -0.39 is 23.8 Å². The Hall–Kier alpha value is -2.49. The predicted molar refractivity (Wildman–Crippen MR) is 110 cm³/mol. The topological polar surface area (TPSA) is 74.7 Å². The maximum Gasteiger partial charge on any atom is 0.420 e. The zero-order chi connectivity index (χ0) is 21.7. The van der Waals surface area contributed by atoms with Gasteiger partial charge in [0.2, 0.25) is 0 Å². The number of rotatable bonds is 9. The fraction of sp³-hybridized carbons (Fsp3) is 0.500. The number of aliphatic carboxylic acids is 1. The molecule has 10 heteroatoms. The highest BCUT2D eigenvalue weighted by atomic mass is 32.1. The van der Waals surface area contributed by atoms with Crippen LogP contribution >= 0.6 is 11.3 Å². The fourth-order valence-electron chi connectivity index (χ4n) is 3.37. The zero-order valence-corrected chi connectivity index (χ0v) is 17.4. The summed E-state index contributed by atoms with van der Waals surface area (Å²) in [7, 11) is 0. The number of aromatic nitrogens is 1. The number of nitrogens with zero attached hydrogens (tertiary/aromatic N) is 2. The fourth-order valence-corrected chi connectivity index (χ4v) is 4.09. The minimum Gasteiger partial charge on any atom is -0.493 e. The van der Waals surface area contributed by atoms with Crippen LogP contribution in [0.1, 0.15) is 44.6 Å². The normalized spacial score (nSPS) is 16.7. The first-order valence-electron chi connectivity index (χ1n) is 9.85. The van der Waals surface area contributed by atoms with Gasteiger partial charge in [-0.15, -0.1) is 11.3 Å². The SMILES string of the molecule is CCCCCOc1ccc(Nc2nc(N3CCCC3C(=O)O)cs2)cc1C(F)(F)F. The highest BCUT2D eigenvalue weighted by molar-refractivity contribution is 7.14. The molecule has 1 aromatic carbocycles. The van der Waals surface area contributed by atoms with Gasteiger partial charge >= 0.3 is 12.1 Å². The van der Waals surface area contributed by atoms with Crippen LogP contribution in [0.5, 0.6) is 5.75 Å². The van der Waals surface area contributed by atoms with Gasteiger partial charge in [-0.25, -0.2) is 9.78 Å². The number of benzene rings is 1. The van der Waals surface area contributed by atoms with E-state index in [2.05, 4.69) is 10.3 Å². The summed E-state index contributed by atoms with van der Waals surface area (Å²) in [6.07, 6.45) is -0.693. The van der Waals surface area contributed by atoms with E-state index in [9.17, 15) is 23.1 Å².